The molecule has 18 heavy (non-hydrogen) atoms. The smallest absolute Gasteiger partial charge is 0.142 e. The number of hydrogen-bond acceptors (Lipinski definition) is 2. The molecule has 2 aromatic rings. The highest BCUT2D eigenvalue weighted by Gasteiger charge is 2.05. The van der Waals surface area contributed by atoms with E-state index in [2.05, 4.69) is 0 Å². The number of nitrogens with two attached hydrogens (primary N) is 1. The van der Waals surface area contributed by atoms with Gasteiger partial charge in [0.15, 0.2) is 0 Å². The Labute approximate surface area is 114 Å². The number of anilines is 1. The van der Waals surface area contributed by atoms with Crippen LogP contribution in [0.5, 0.6) is 5.75 Å². The van der Waals surface area contributed by atoms with Crippen molar-refractivity contribution in [3.63, 3.8) is 0 Å². The van der Waals surface area contributed by atoms with Crippen molar-refractivity contribution < 1.29 is 9.13 Å². The Bertz CT molecular complexity index is 523. The fourth-order valence-electron chi connectivity index (χ4n) is 1.45. The van der Waals surface area contributed by atoms with Crippen LogP contribution in [0.25, 0.3) is 0 Å². The van der Waals surface area contributed by atoms with E-state index < -0.39 is 5.82 Å². The highest BCUT2D eigenvalue weighted by atomic mass is 35.5. The van der Waals surface area contributed by atoms with Crippen LogP contribution < -0.4 is 10.5 Å². The lowest BCUT2D eigenvalue weighted by atomic mass is 10.2. The van der Waals surface area contributed by atoms with Gasteiger partial charge in [0.05, 0.1) is 5.69 Å². The van der Waals surface area contributed by atoms with Gasteiger partial charge in [-0.3, -0.25) is 0 Å². The minimum atomic E-state index is -0.399. The van der Waals surface area contributed by atoms with Gasteiger partial charge in [-0.05, 0) is 24.3 Å². The maximum absolute atomic E-state index is 12.8. The molecule has 0 heterocycles. The molecule has 0 bridgehead atoms. The Morgan fingerprint density at radius 1 is 1.11 bits per heavy atom. The fraction of sp³-hybridized carbons (Fsp3) is 0.0769. The van der Waals surface area contributed by atoms with E-state index >= 15 is 0 Å². The largest absolute Gasteiger partial charge is 0.487 e. The van der Waals surface area contributed by atoms with E-state index in [1.54, 1.807) is 18.2 Å². The second kappa shape index (κ2) is 5.46. The molecule has 94 valence electrons. The lowest BCUT2D eigenvalue weighted by Gasteiger charge is -2.10. The maximum atomic E-state index is 12.8. The van der Waals surface area contributed by atoms with E-state index in [9.17, 15) is 4.39 Å². The summed E-state index contributed by atoms with van der Waals surface area (Å²) >= 11 is 11.8. The van der Waals surface area contributed by atoms with Gasteiger partial charge in [-0.25, -0.2) is 4.39 Å². The number of nitrogen functional groups attached to an aromatic ring is 1. The van der Waals surface area contributed by atoms with Crippen LogP contribution in [0.3, 0.4) is 0 Å². The first kappa shape index (κ1) is 13.0. The van der Waals surface area contributed by atoms with Gasteiger partial charge in [-0.15, -0.1) is 0 Å². The summed E-state index contributed by atoms with van der Waals surface area (Å²) in [6, 6.07) is 9.10. The van der Waals surface area contributed by atoms with E-state index in [-0.39, 0.29) is 12.3 Å². The fourth-order valence-corrected chi connectivity index (χ4v) is 1.91. The molecule has 0 saturated carbocycles. The number of halogens is 3. The molecule has 2 N–H and O–H groups in total. The van der Waals surface area contributed by atoms with Crippen LogP contribution in [0.1, 0.15) is 5.56 Å². The zero-order valence-corrected chi connectivity index (χ0v) is 10.8. The molecular formula is C13H10Cl2FNO. The zero-order chi connectivity index (χ0) is 13.1. The van der Waals surface area contributed by atoms with Crippen LogP contribution >= 0.6 is 23.2 Å². The van der Waals surface area contributed by atoms with Crippen molar-refractivity contribution in [2.24, 2.45) is 0 Å². The van der Waals surface area contributed by atoms with Gasteiger partial charge in [-0.1, -0.05) is 29.3 Å². The lowest BCUT2D eigenvalue weighted by molar-refractivity contribution is 0.307. The van der Waals surface area contributed by atoms with Crippen LogP contribution in [-0.4, -0.2) is 0 Å². The molecule has 0 aromatic heterocycles. The summed E-state index contributed by atoms with van der Waals surface area (Å²) in [5.74, 6) is 0.0202. The molecule has 0 aliphatic rings. The van der Waals surface area contributed by atoms with Gasteiger partial charge in [0.25, 0.3) is 0 Å². The highest BCUT2D eigenvalue weighted by Crippen LogP contribution is 2.25. The van der Waals surface area contributed by atoms with Crippen molar-refractivity contribution in [3.8, 4) is 5.75 Å². The van der Waals surface area contributed by atoms with Gasteiger partial charge < -0.3 is 10.5 Å². The first-order valence-electron chi connectivity index (χ1n) is 5.18. The SMILES string of the molecule is Nc1cc(F)ccc1OCc1ccc(Cl)cc1Cl. The van der Waals surface area contributed by atoms with Crippen LogP contribution in [0.4, 0.5) is 10.1 Å². The average Bonchev–Trinajstić information content (AvgIpc) is 2.30. The van der Waals surface area contributed by atoms with Gasteiger partial charge >= 0.3 is 0 Å². The van der Waals surface area contributed by atoms with Crippen LogP contribution in [0.15, 0.2) is 36.4 Å². The van der Waals surface area contributed by atoms with E-state index in [0.717, 1.165) is 5.56 Å². The summed E-state index contributed by atoms with van der Waals surface area (Å²) in [6.45, 7) is 0.242. The Balaban J connectivity index is 2.11. The standard InChI is InChI=1S/C13H10Cl2FNO/c14-9-2-1-8(11(15)5-9)7-18-13-4-3-10(16)6-12(13)17/h1-6H,7,17H2. The zero-order valence-electron chi connectivity index (χ0n) is 9.29. The molecule has 0 atom stereocenters. The summed E-state index contributed by atoms with van der Waals surface area (Å²) in [4.78, 5) is 0. The van der Waals surface area contributed by atoms with Crippen molar-refractivity contribution in [1.29, 1.82) is 0 Å². The van der Waals surface area contributed by atoms with Gasteiger partial charge in [0, 0.05) is 21.7 Å². The maximum Gasteiger partial charge on any atom is 0.142 e. The molecular weight excluding hydrogens is 276 g/mol. The van der Waals surface area contributed by atoms with Crippen LogP contribution in [-0.2, 0) is 6.61 Å². The third kappa shape index (κ3) is 3.06. The predicted octanol–water partition coefficient (Wildman–Crippen LogP) is 4.29. The third-order valence-electron chi connectivity index (χ3n) is 2.37. The molecule has 0 unspecified atom stereocenters. The summed E-state index contributed by atoms with van der Waals surface area (Å²) in [7, 11) is 0. The summed E-state index contributed by atoms with van der Waals surface area (Å²) < 4.78 is 18.3. The molecule has 0 aliphatic carbocycles. The molecule has 2 rings (SSSR count). The highest BCUT2D eigenvalue weighted by molar-refractivity contribution is 6.35. The Kier molecular flexibility index (Phi) is 3.94. The second-order valence-corrected chi connectivity index (χ2v) is 4.55. The van der Waals surface area contributed by atoms with E-state index in [1.165, 1.54) is 18.2 Å². The summed E-state index contributed by atoms with van der Waals surface area (Å²) in [6.07, 6.45) is 0. The minimum absolute atomic E-state index is 0.242. The third-order valence-corrected chi connectivity index (χ3v) is 2.96. The molecule has 5 heteroatoms. The normalized spacial score (nSPS) is 10.4. The van der Waals surface area contributed by atoms with Crippen molar-refractivity contribution in [2.75, 3.05) is 5.73 Å². The molecule has 2 aromatic carbocycles. The molecule has 0 amide bonds. The van der Waals surface area contributed by atoms with E-state index in [4.69, 9.17) is 33.7 Å². The summed E-state index contributed by atoms with van der Waals surface area (Å²) in [5.41, 5.74) is 6.66. The summed E-state index contributed by atoms with van der Waals surface area (Å²) in [5, 5.41) is 1.08. The molecule has 0 aliphatic heterocycles. The Morgan fingerprint density at radius 2 is 1.89 bits per heavy atom. The lowest BCUT2D eigenvalue weighted by Crippen LogP contribution is -1.99. The minimum Gasteiger partial charge on any atom is -0.487 e. The Hall–Kier alpha value is -1.45. The van der Waals surface area contributed by atoms with Gasteiger partial charge in [0.1, 0.15) is 18.2 Å². The van der Waals surface area contributed by atoms with E-state index in [0.29, 0.717) is 15.8 Å². The molecule has 2 nitrogen and oxygen atoms in total. The van der Waals surface area contributed by atoms with Crippen molar-refractivity contribution in [1.82, 2.24) is 0 Å². The van der Waals surface area contributed by atoms with Crippen LogP contribution in [0, 0.1) is 5.82 Å². The first-order valence-corrected chi connectivity index (χ1v) is 5.93. The first-order chi connectivity index (χ1) is 8.56. The predicted molar refractivity (Wildman–Crippen MR) is 71.6 cm³/mol. The Morgan fingerprint density at radius 3 is 2.56 bits per heavy atom. The molecule has 0 fully saturated rings. The molecule has 0 saturated heterocycles. The van der Waals surface area contributed by atoms with Crippen LogP contribution in [0.2, 0.25) is 10.0 Å². The molecule has 0 spiro atoms. The molecule has 0 radical (unpaired) electrons. The number of ether oxygens (including phenoxy) is 1. The second-order valence-electron chi connectivity index (χ2n) is 3.71. The quantitative estimate of drug-likeness (QED) is 0.854. The van der Waals surface area contributed by atoms with Crippen molar-refractivity contribution >= 4 is 28.9 Å². The van der Waals surface area contributed by atoms with E-state index in [1.807, 2.05) is 0 Å². The van der Waals surface area contributed by atoms with Gasteiger partial charge in [-0.2, -0.15) is 0 Å². The number of hydrogen-bond donors (Lipinski definition) is 1. The number of rotatable bonds is 3. The van der Waals surface area contributed by atoms with Gasteiger partial charge in [0.2, 0.25) is 0 Å². The number of benzene rings is 2. The topological polar surface area (TPSA) is 35.2 Å². The monoisotopic (exact) mass is 285 g/mol. The average molecular weight is 286 g/mol. The van der Waals surface area contributed by atoms with Crippen molar-refractivity contribution in [2.45, 2.75) is 6.61 Å². The van der Waals surface area contributed by atoms with Crippen molar-refractivity contribution in [3.05, 3.63) is 57.8 Å².